The predicted octanol–water partition coefficient (Wildman–Crippen LogP) is 2.90. The summed E-state index contributed by atoms with van der Waals surface area (Å²) in [6.45, 7) is 0. The zero-order valence-corrected chi connectivity index (χ0v) is 11.8. The second-order valence-corrected chi connectivity index (χ2v) is 4.98. The van der Waals surface area contributed by atoms with Crippen molar-refractivity contribution in [2.24, 2.45) is 0 Å². The van der Waals surface area contributed by atoms with Gasteiger partial charge in [0, 0.05) is 18.9 Å². The van der Waals surface area contributed by atoms with Crippen molar-refractivity contribution >= 4 is 39.8 Å². The van der Waals surface area contributed by atoms with E-state index in [2.05, 4.69) is 0 Å². The first-order valence-corrected chi connectivity index (χ1v) is 6.51. The van der Waals surface area contributed by atoms with Crippen LogP contribution in [-0.4, -0.2) is 16.5 Å². The van der Waals surface area contributed by atoms with Gasteiger partial charge in [-0.25, -0.2) is 0 Å². The fraction of sp³-hybridized carbons (Fsp3) is 0.333. The lowest BCUT2D eigenvalue weighted by molar-refractivity contribution is -0.385. The Bertz CT molecular complexity index is 459. The van der Waals surface area contributed by atoms with E-state index in [9.17, 15) is 19.7 Å². The van der Waals surface area contributed by atoms with E-state index in [0.717, 1.165) is 6.42 Å². The zero-order valence-electron chi connectivity index (χ0n) is 9.60. The fourth-order valence-electron chi connectivity index (χ4n) is 1.48. The molecule has 1 fully saturated rings. The normalized spacial score (nSPS) is 14.7. The molecule has 18 heavy (non-hydrogen) atoms. The van der Waals surface area contributed by atoms with Crippen molar-refractivity contribution in [1.82, 2.24) is 0 Å². The van der Waals surface area contributed by atoms with Crippen LogP contribution in [0.3, 0.4) is 0 Å². The van der Waals surface area contributed by atoms with Crippen LogP contribution in [0.25, 0.3) is 0 Å². The maximum atomic E-state index is 10.5. The third-order valence-corrected chi connectivity index (χ3v) is 3.27. The number of nitro groups is 1. The van der Waals surface area contributed by atoms with Crippen LogP contribution in [0.1, 0.15) is 25.7 Å². The average molecular weight is 361 g/mol. The first-order chi connectivity index (χ1) is 8.50. The van der Waals surface area contributed by atoms with Gasteiger partial charge < -0.3 is 0 Å². The lowest BCUT2D eigenvalue weighted by Gasteiger charge is -2.04. The van der Waals surface area contributed by atoms with Gasteiger partial charge in [0.15, 0.2) is 0 Å². The van der Waals surface area contributed by atoms with Gasteiger partial charge in [-0.15, -0.1) is 0 Å². The molecule has 0 radical (unpaired) electrons. The summed E-state index contributed by atoms with van der Waals surface area (Å²) >= 11 is 1.93. The second kappa shape index (κ2) is 7.20. The van der Waals surface area contributed by atoms with Gasteiger partial charge in [-0.2, -0.15) is 0 Å². The number of ketones is 2. The number of nitro benzene ring substituents is 1. The standard InChI is InChI=1S/C6H4INO2.C6H8O2/c7-5-3-1-2-4-6(5)8(9)10;7-5-2-1-3-6(8)4-5/h1-4H;1-4H2. The Kier molecular flexibility index (Phi) is 5.90. The summed E-state index contributed by atoms with van der Waals surface area (Å²) < 4.78 is 0.671. The number of hydrogen-bond donors (Lipinski definition) is 0. The van der Waals surface area contributed by atoms with Crippen LogP contribution in [0, 0.1) is 13.7 Å². The van der Waals surface area contributed by atoms with Gasteiger partial charge in [0.05, 0.1) is 14.9 Å². The highest BCUT2D eigenvalue weighted by Crippen LogP contribution is 2.18. The number of nitrogens with zero attached hydrogens (tertiary/aromatic N) is 1. The third-order valence-electron chi connectivity index (χ3n) is 2.35. The van der Waals surface area contributed by atoms with Crippen LogP contribution in [0.4, 0.5) is 5.69 Å². The minimum Gasteiger partial charge on any atom is -0.299 e. The average Bonchev–Trinajstić information content (AvgIpc) is 2.29. The van der Waals surface area contributed by atoms with E-state index >= 15 is 0 Å². The molecular weight excluding hydrogens is 349 g/mol. The molecule has 0 bridgehead atoms. The van der Waals surface area contributed by atoms with Crippen molar-refractivity contribution in [3.05, 3.63) is 37.9 Å². The Labute approximate surface area is 118 Å². The molecule has 1 aromatic rings. The van der Waals surface area contributed by atoms with Crippen LogP contribution in [0.2, 0.25) is 0 Å². The molecule has 0 spiro atoms. The molecule has 1 aliphatic carbocycles. The lowest BCUT2D eigenvalue weighted by Crippen LogP contribution is -2.13. The Morgan fingerprint density at radius 3 is 2.00 bits per heavy atom. The minimum absolute atomic E-state index is 0.112. The summed E-state index contributed by atoms with van der Waals surface area (Å²) in [5, 5.41) is 10.2. The smallest absolute Gasteiger partial charge is 0.282 e. The summed E-state index contributed by atoms with van der Waals surface area (Å²) in [5.74, 6) is 0.225. The third kappa shape index (κ3) is 4.91. The zero-order chi connectivity index (χ0) is 13.5. The molecular formula is C12H12INO4. The molecule has 1 aliphatic rings. The first kappa shape index (κ1) is 14.7. The Morgan fingerprint density at radius 1 is 1.11 bits per heavy atom. The van der Waals surface area contributed by atoms with Gasteiger partial charge >= 0.3 is 0 Å². The van der Waals surface area contributed by atoms with E-state index in [-0.39, 0.29) is 28.6 Å². The molecule has 2 rings (SSSR count). The SMILES string of the molecule is O=C1CCCC(=O)C1.O=[N+]([O-])c1ccccc1I. The van der Waals surface area contributed by atoms with Crippen molar-refractivity contribution in [2.45, 2.75) is 25.7 Å². The maximum absolute atomic E-state index is 10.5. The van der Waals surface area contributed by atoms with Gasteiger partial charge in [0.25, 0.3) is 5.69 Å². The van der Waals surface area contributed by atoms with Crippen LogP contribution in [-0.2, 0) is 9.59 Å². The molecule has 0 heterocycles. The Hall–Kier alpha value is -1.31. The number of carbonyl (C=O) groups excluding carboxylic acids is 2. The summed E-state index contributed by atoms with van der Waals surface area (Å²) in [4.78, 5) is 30.7. The predicted molar refractivity (Wildman–Crippen MR) is 74.3 cm³/mol. The number of benzene rings is 1. The van der Waals surface area contributed by atoms with Gasteiger partial charge in [-0.1, -0.05) is 12.1 Å². The molecule has 6 heteroatoms. The molecule has 0 amide bonds. The van der Waals surface area contributed by atoms with Crippen LogP contribution < -0.4 is 0 Å². The highest BCUT2D eigenvalue weighted by molar-refractivity contribution is 14.1. The summed E-state index contributed by atoms with van der Waals surface area (Å²) in [6.07, 6.45) is 2.20. The molecule has 0 unspecified atom stereocenters. The van der Waals surface area contributed by atoms with Gasteiger partial charge in [-0.3, -0.25) is 19.7 Å². The molecule has 5 nitrogen and oxygen atoms in total. The topological polar surface area (TPSA) is 77.3 Å². The number of hydrogen-bond acceptors (Lipinski definition) is 4. The van der Waals surface area contributed by atoms with E-state index in [1.807, 2.05) is 22.6 Å². The van der Waals surface area contributed by atoms with E-state index in [4.69, 9.17) is 0 Å². The first-order valence-electron chi connectivity index (χ1n) is 5.43. The molecule has 0 atom stereocenters. The molecule has 0 aromatic heterocycles. The second-order valence-electron chi connectivity index (χ2n) is 3.82. The lowest BCUT2D eigenvalue weighted by atomic mass is 9.98. The Balaban J connectivity index is 0.000000184. The van der Waals surface area contributed by atoms with Crippen molar-refractivity contribution in [2.75, 3.05) is 0 Å². The van der Waals surface area contributed by atoms with Crippen LogP contribution >= 0.6 is 22.6 Å². The van der Waals surface area contributed by atoms with E-state index in [1.165, 1.54) is 6.07 Å². The summed E-state index contributed by atoms with van der Waals surface area (Å²) in [6, 6.07) is 6.62. The van der Waals surface area contributed by atoms with Crippen LogP contribution in [0.15, 0.2) is 24.3 Å². The van der Waals surface area contributed by atoms with Gasteiger partial charge in [-0.05, 0) is 35.1 Å². The molecule has 96 valence electrons. The summed E-state index contributed by atoms with van der Waals surface area (Å²) in [7, 11) is 0. The quantitative estimate of drug-likeness (QED) is 0.334. The fourth-order valence-corrected chi connectivity index (χ4v) is 2.06. The van der Waals surface area contributed by atoms with Crippen molar-refractivity contribution < 1.29 is 14.5 Å². The number of Topliss-reactive ketones (excluding diaryl/α,β-unsaturated/α-hetero) is 2. The Morgan fingerprint density at radius 2 is 1.67 bits per heavy atom. The molecule has 1 aromatic carbocycles. The monoisotopic (exact) mass is 361 g/mol. The minimum atomic E-state index is -0.387. The number of para-hydroxylation sites is 1. The number of rotatable bonds is 1. The van der Waals surface area contributed by atoms with Crippen molar-refractivity contribution in [3.8, 4) is 0 Å². The van der Waals surface area contributed by atoms with Crippen LogP contribution in [0.5, 0.6) is 0 Å². The highest BCUT2D eigenvalue weighted by atomic mass is 127. The molecule has 0 N–H and O–H groups in total. The van der Waals surface area contributed by atoms with E-state index in [1.54, 1.807) is 18.2 Å². The van der Waals surface area contributed by atoms with Crippen molar-refractivity contribution in [3.63, 3.8) is 0 Å². The number of halogens is 1. The summed E-state index contributed by atoms with van der Waals surface area (Å²) in [5.41, 5.74) is 0.170. The largest absolute Gasteiger partial charge is 0.299 e. The molecule has 1 saturated carbocycles. The molecule has 0 aliphatic heterocycles. The van der Waals surface area contributed by atoms with E-state index < -0.39 is 0 Å². The van der Waals surface area contributed by atoms with Crippen molar-refractivity contribution in [1.29, 1.82) is 0 Å². The molecule has 0 saturated heterocycles. The van der Waals surface area contributed by atoms with E-state index in [0.29, 0.717) is 16.4 Å². The highest BCUT2D eigenvalue weighted by Gasteiger charge is 2.14. The maximum Gasteiger partial charge on any atom is 0.282 e. The van der Waals surface area contributed by atoms with Gasteiger partial charge in [0.2, 0.25) is 0 Å². The number of carbonyl (C=O) groups is 2. The van der Waals surface area contributed by atoms with Gasteiger partial charge in [0.1, 0.15) is 11.6 Å².